The van der Waals surface area contributed by atoms with Crippen LogP contribution >= 0.6 is 0 Å². The highest BCUT2D eigenvalue weighted by Gasteiger charge is 2.21. The quantitative estimate of drug-likeness (QED) is 0.871. The molecule has 112 valence electrons. The molecule has 0 bridgehead atoms. The van der Waals surface area contributed by atoms with Crippen LogP contribution in [-0.4, -0.2) is 54.5 Å². The normalized spacial score (nSPS) is 17.9. The Labute approximate surface area is 126 Å². The molecule has 0 saturated carbocycles. The summed E-state index contributed by atoms with van der Waals surface area (Å²) >= 11 is 0. The largest absolute Gasteiger partial charge is 0.351 e. The third-order valence-electron chi connectivity index (χ3n) is 3.84. The van der Waals surface area contributed by atoms with E-state index in [4.69, 9.17) is 5.26 Å². The number of piperazine rings is 1. The highest BCUT2D eigenvalue weighted by atomic mass is 16.2. The van der Waals surface area contributed by atoms with Crippen LogP contribution in [0.3, 0.4) is 0 Å². The summed E-state index contributed by atoms with van der Waals surface area (Å²) < 4.78 is 0. The van der Waals surface area contributed by atoms with Crippen molar-refractivity contribution >= 4 is 5.91 Å². The summed E-state index contributed by atoms with van der Waals surface area (Å²) in [7, 11) is 0. The Hall–Kier alpha value is -1.90. The second kappa shape index (κ2) is 7.77. The summed E-state index contributed by atoms with van der Waals surface area (Å²) in [5, 5.41) is 11.9. The minimum Gasteiger partial charge on any atom is -0.351 e. The van der Waals surface area contributed by atoms with E-state index in [-0.39, 0.29) is 11.9 Å². The summed E-state index contributed by atoms with van der Waals surface area (Å²) in [6.07, 6.45) is 0. The van der Waals surface area contributed by atoms with E-state index in [1.807, 2.05) is 37.3 Å². The molecule has 1 atom stereocenters. The number of amides is 1. The number of nitriles is 1. The third kappa shape index (κ3) is 4.85. The highest BCUT2D eigenvalue weighted by Crippen LogP contribution is 2.05. The molecule has 1 aromatic carbocycles. The zero-order chi connectivity index (χ0) is 15.1. The van der Waals surface area contributed by atoms with Gasteiger partial charge in [0.1, 0.15) is 0 Å². The SMILES string of the molecule is CC(C#N)N1CCN(CC(=O)NCc2ccccc2)CC1. The molecule has 0 aromatic heterocycles. The first-order valence-corrected chi connectivity index (χ1v) is 7.35. The standard InChI is InChI=1S/C16H22N4O/c1-14(11-17)20-9-7-19(8-10-20)13-16(21)18-12-15-5-3-2-4-6-15/h2-6,14H,7-10,12-13H2,1H3,(H,18,21). The molecule has 1 aliphatic rings. The first kappa shape index (κ1) is 15.5. The summed E-state index contributed by atoms with van der Waals surface area (Å²) in [6, 6.07) is 12.1. The number of hydrogen-bond donors (Lipinski definition) is 1. The molecule has 0 spiro atoms. The predicted octanol–water partition coefficient (Wildman–Crippen LogP) is 0.832. The number of carbonyl (C=O) groups is 1. The molecule has 1 aromatic rings. The van der Waals surface area contributed by atoms with Gasteiger partial charge in [0.15, 0.2) is 0 Å². The van der Waals surface area contributed by atoms with Crippen molar-refractivity contribution < 1.29 is 4.79 Å². The zero-order valence-corrected chi connectivity index (χ0v) is 12.5. The average molecular weight is 286 g/mol. The second-order valence-corrected chi connectivity index (χ2v) is 5.38. The first-order valence-electron chi connectivity index (χ1n) is 7.35. The molecule has 1 aliphatic heterocycles. The summed E-state index contributed by atoms with van der Waals surface area (Å²) in [5.41, 5.74) is 1.11. The average Bonchev–Trinajstić information content (AvgIpc) is 2.54. The monoisotopic (exact) mass is 286 g/mol. The topological polar surface area (TPSA) is 59.4 Å². The minimum atomic E-state index is -0.0425. The van der Waals surface area contributed by atoms with Crippen LogP contribution in [0.25, 0.3) is 0 Å². The lowest BCUT2D eigenvalue weighted by Crippen LogP contribution is -2.51. The molecule has 1 heterocycles. The van der Waals surface area contributed by atoms with Gasteiger partial charge in [0, 0.05) is 32.7 Å². The number of rotatable bonds is 5. The van der Waals surface area contributed by atoms with Gasteiger partial charge in [-0.2, -0.15) is 5.26 Å². The third-order valence-corrected chi connectivity index (χ3v) is 3.84. The fourth-order valence-corrected chi connectivity index (χ4v) is 2.45. The van der Waals surface area contributed by atoms with Crippen LogP contribution in [0.4, 0.5) is 0 Å². The van der Waals surface area contributed by atoms with E-state index in [0.717, 1.165) is 31.7 Å². The van der Waals surface area contributed by atoms with Crippen LogP contribution < -0.4 is 5.32 Å². The lowest BCUT2D eigenvalue weighted by atomic mass is 10.2. The van der Waals surface area contributed by atoms with Crippen LogP contribution in [-0.2, 0) is 11.3 Å². The summed E-state index contributed by atoms with van der Waals surface area (Å²) in [5.74, 6) is 0.0561. The van der Waals surface area contributed by atoms with Crippen LogP contribution in [0.15, 0.2) is 30.3 Å². The molecule has 1 fully saturated rings. The highest BCUT2D eigenvalue weighted by molar-refractivity contribution is 5.78. The van der Waals surface area contributed by atoms with E-state index in [2.05, 4.69) is 21.2 Å². The van der Waals surface area contributed by atoms with Crippen LogP contribution in [0.2, 0.25) is 0 Å². The van der Waals surface area contributed by atoms with E-state index < -0.39 is 0 Å². The molecule has 1 N–H and O–H groups in total. The van der Waals surface area contributed by atoms with Gasteiger partial charge in [-0.3, -0.25) is 14.6 Å². The zero-order valence-electron chi connectivity index (χ0n) is 12.5. The smallest absolute Gasteiger partial charge is 0.234 e. The van der Waals surface area contributed by atoms with Crippen molar-refractivity contribution in [3.05, 3.63) is 35.9 Å². The van der Waals surface area contributed by atoms with Crippen LogP contribution in [0.5, 0.6) is 0 Å². The van der Waals surface area contributed by atoms with E-state index in [1.165, 1.54) is 0 Å². The van der Waals surface area contributed by atoms with Gasteiger partial charge in [0.05, 0.1) is 18.7 Å². The molecular weight excluding hydrogens is 264 g/mol. The fraction of sp³-hybridized carbons (Fsp3) is 0.500. The lowest BCUT2D eigenvalue weighted by molar-refractivity contribution is -0.122. The fourth-order valence-electron chi connectivity index (χ4n) is 2.45. The molecule has 1 amide bonds. The van der Waals surface area contributed by atoms with Gasteiger partial charge in [-0.25, -0.2) is 0 Å². The number of carbonyl (C=O) groups excluding carboxylic acids is 1. The molecule has 0 radical (unpaired) electrons. The van der Waals surface area contributed by atoms with Gasteiger partial charge in [-0.05, 0) is 12.5 Å². The van der Waals surface area contributed by atoms with E-state index in [0.29, 0.717) is 13.1 Å². The Morgan fingerprint density at radius 2 is 1.95 bits per heavy atom. The van der Waals surface area contributed by atoms with Gasteiger partial charge in [-0.15, -0.1) is 0 Å². The van der Waals surface area contributed by atoms with Crippen molar-refractivity contribution in [2.45, 2.75) is 19.5 Å². The van der Waals surface area contributed by atoms with Gasteiger partial charge in [0.2, 0.25) is 5.91 Å². The van der Waals surface area contributed by atoms with Crippen molar-refractivity contribution in [1.82, 2.24) is 15.1 Å². The van der Waals surface area contributed by atoms with Gasteiger partial charge >= 0.3 is 0 Å². The van der Waals surface area contributed by atoms with Gasteiger partial charge in [-0.1, -0.05) is 30.3 Å². The summed E-state index contributed by atoms with van der Waals surface area (Å²) in [6.45, 7) is 6.30. The number of nitrogens with zero attached hydrogens (tertiary/aromatic N) is 3. The molecule has 1 unspecified atom stereocenters. The van der Waals surface area contributed by atoms with E-state index in [1.54, 1.807) is 0 Å². The number of benzene rings is 1. The van der Waals surface area contributed by atoms with Crippen molar-refractivity contribution in [3.8, 4) is 6.07 Å². The molecule has 5 nitrogen and oxygen atoms in total. The van der Waals surface area contributed by atoms with Gasteiger partial charge in [0.25, 0.3) is 0 Å². The Morgan fingerprint density at radius 1 is 1.29 bits per heavy atom. The van der Waals surface area contributed by atoms with E-state index in [9.17, 15) is 4.79 Å². The second-order valence-electron chi connectivity index (χ2n) is 5.38. The number of nitrogens with one attached hydrogen (secondary N) is 1. The van der Waals surface area contributed by atoms with Gasteiger partial charge < -0.3 is 5.32 Å². The molecule has 0 aliphatic carbocycles. The summed E-state index contributed by atoms with van der Waals surface area (Å²) in [4.78, 5) is 16.2. The maximum absolute atomic E-state index is 11.9. The molecule has 5 heteroatoms. The Bertz CT molecular complexity index is 489. The van der Waals surface area contributed by atoms with Crippen LogP contribution in [0.1, 0.15) is 12.5 Å². The van der Waals surface area contributed by atoms with Crippen molar-refractivity contribution in [3.63, 3.8) is 0 Å². The minimum absolute atomic E-state index is 0.0425. The lowest BCUT2D eigenvalue weighted by Gasteiger charge is -2.35. The molecular formula is C16H22N4O. The maximum Gasteiger partial charge on any atom is 0.234 e. The maximum atomic E-state index is 11.9. The van der Waals surface area contributed by atoms with Crippen molar-refractivity contribution in [2.75, 3.05) is 32.7 Å². The van der Waals surface area contributed by atoms with Crippen molar-refractivity contribution in [1.29, 1.82) is 5.26 Å². The predicted molar refractivity (Wildman–Crippen MR) is 81.4 cm³/mol. The molecule has 2 rings (SSSR count). The first-order chi connectivity index (χ1) is 10.2. The Morgan fingerprint density at radius 3 is 2.57 bits per heavy atom. The molecule has 1 saturated heterocycles. The Kier molecular flexibility index (Phi) is 5.73. The molecule has 21 heavy (non-hydrogen) atoms. The van der Waals surface area contributed by atoms with Crippen LogP contribution in [0, 0.1) is 11.3 Å². The Balaban J connectivity index is 1.69. The van der Waals surface area contributed by atoms with Crippen molar-refractivity contribution in [2.24, 2.45) is 0 Å². The number of hydrogen-bond acceptors (Lipinski definition) is 4. The van der Waals surface area contributed by atoms with E-state index >= 15 is 0 Å².